The van der Waals surface area contributed by atoms with Gasteiger partial charge in [0.05, 0.1) is 11.0 Å². The monoisotopic (exact) mass is 413 g/mol. The standard InChI is InChI=1S/C24H20FN5O/c1-29-14-20(17-10-12-26-13-11-17)24(28-29)18-6-8-19(9-7-18)31-15-23-27-21-4-2-3-5-22(21)30(23)16-25/h2-14H,15-16H2,1H3. The smallest absolute Gasteiger partial charge is 0.167 e. The van der Waals surface area contributed by atoms with E-state index in [1.54, 1.807) is 17.1 Å². The highest BCUT2D eigenvalue weighted by molar-refractivity contribution is 5.80. The molecule has 154 valence electrons. The number of benzene rings is 2. The van der Waals surface area contributed by atoms with E-state index in [0.29, 0.717) is 11.6 Å². The number of aromatic nitrogens is 5. The number of hydrogen-bond donors (Lipinski definition) is 0. The van der Waals surface area contributed by atoms with E-state index in [0.717, 1.165) is 33.4 Å². The third-order valence-electron chi connectivity index (χ3n) is 5.17. The average Bonchev–Trinajstić information content (AvgIpc) is 3.38. The van der Waals surface area contributed by atoms with Crippen LogP contribution in [0.25, 0.3) is 33.4 Å². The maximum Gasteiger partial charge on any atom is 0.167 e. The summed E-state index contributed by atoms with van der Waals surface area (Å²) in [5, 5.41) is 4.63. The zero-order chi connectivity index (χ0) is 21.2. The topological polar surface area (TPSA) is 57.8 Å². The van der Waals surface area contributed by atoms with Crippen LogP contribution < -0.4 is 4.74 Å². The molecule has 2 aromatic carbocycles. The van der Waals surface area contributed by atoms with Crippen LogP contribution in [0.4, 0.5) is 4.39 Å². The number of aryl methyl sites for hydroxylation is 1. The normalized spacial score (nSPS) is 11.2. The first-order valence-corrected chi connectivity index (χ1v) is 9.90. The zero-order valence-electron chi connectivity index (χ0n) is 16.9. The molecule has 0 aliphatic carbocycles. The van der Waals surface area contributed by atoms with Gasteiger partial charge in [0.2, 0.25) is 0 Å². The van der Waals surface area contributed by atoms with Crippen LogP contribution in [0.1, 0.15) is 5.82 Å². The Bertz CT molecular complexity index is 1330. The summed E-state index contributed by atoms with van der Waals surface area (Å²) in [4.78, 5) is 8.58. The Morgan fingerprint density at radius 3 is 2.48 bits per heavy atom. The van der Waals surface area contributed by atoms with Gasteiger partial charge >= 0.3 is 0 Å². The molecule has 5 aromatic rings. The van der Waals surface area contributed by atoms with E-state index < -0.39 is 6.80 Å². The van der Waals surface area contributed by atoms with E-state index in [9.17, 15) is 4.39 Å². The lowest BCUT2D eigenvalue weighted by molar-refractivity contribution is 0.277. The summed E-state index contributed by atoms with van der Waals surface area (Å²) in [7, 11) is 1.91. The van der Waals surface area contributed by atoms with Crippen LogP contribution >= 0.6 is 0 Å². The van der Waals surface area contributed by atoms with E-state index in [1.807, 2.05) is 73.9 Å². The Kier molecular flexibility index (Phi) is 4.92. The van der Waals surface area contributed by atoms with Gasteiger partial charge in [0, 0.05) is 36.8 Å². The minimum Gasteiger partial charge on any atom is -0.486 e. The van der Waals surface area contributed by atoms with Gasteiger partial charge < -0.3 is 4.74 Å². The maximum absolute atomic E-state index is 13.5. The molecule has 0 fully saturated rings. The van der Waals surface area contributed by atoms with Crippen LogP contribution in [0.2, 0.25) is 0 Å². The molecule has 3 aromatic heterocycles. The summed E-state index contributed by atoms with van der Waals surface area (Å²) in [5.41, 5.74) is 5.49. The highest BCUT2D eigenvalue weighted by Crippen LogP contribution is 2.31. The van der Waals surface area contributed by atoms with Gasteiger partial charge in [-0.1, -0.05) is 12.1 Å². The summed E-state index contributed by atoms with van der Waals surface area (Å²) >= 11 is 0. The fourth-order valence-corrected chi connectivity index (χ4v) is 3.67. The minimum atomic E-state index is -0.643. The van der Waals surface area contributed by atoms with Crippen molar-refractivity contribution in [3.63, 3.8) is 0 Å². The van der Waals surface area contributed by atoms with Gasteiger partial charge in [-0.05, 0) is 54.1 Å². The lowest BCUT2D eigenvalue weighted by Gasteiger charge is -2.08. The van der Waals surface area contributed by atoms with E-state index >= 15 is 0 Å². The molecule has 0 N–H and O–H groups in total. The summed E-state index contributed by atoms with van der Waals surface area (Å²) in [6, 6.07) is 19.1. The summed E-state index contributed by atoms with van der Waals surface area (Å²) in [6.45, 7) is -0.459. The van der Waals surface area contributed by atoms with E-state index in [4.69, 9.17) is 4.74 Å². The molecular weight excluding hydrogens is 393 g/mol. The van der Waals surface area contributed by atoms with E-state index in [-0.39, 0.29) is 6.61 Å². The molecule has 0 atom stereocenters. The zero-order valence-corrected chi connectivity index (χ0v) is 16.9. The van der Waals surface area contributed by atoms with Crippen LogP contribution in [0.15, 0.2) is 79.3 Å². The molecule has 5 rings (SSSR count). The predicted molar refractivity (Wildman–Crippen MR) is 117 cm³/mol. The second-order valence-electron chi connectivity index (χ2n) is 7.18. The van der Waals surface area contributed by atoms with Gasteiger partial charge in [-0.3, -0.25) is 14.2 Å². The van der Waals surface area contributed by atoms with Crippen molar-refractivity contribution in [1.82, 2.24) is 24.3 Å². The van der Waals surface area contributed by atoms with Crippen molar-refractivity contribution in [1.29, 1.82) is 0 Å². The Morgan fingerprint density at radius 1 is 0.935 bits per heavy atom. The van der Waals surface area contributed by atoms with Gasteiger partial charge in [0.15, 0.2) is 6.80 Å². The van der Waals surface area contributed by atoms with Crippen molar-refractivity contribution >= 4 is 11.0 Å². The number of ether oxygens (including phenoxy) is 1. The predicted octanol–water partition coefficient (Wildman–Crippen LogP) is 5.00. The maximum atomic E-state index is 13.5. The number of alkyl halides is 1. The van der Waals surface area contributed by atoms with Gasteiger partial charge in [-0.15, -0.1) is 0 Å². The molecule has 0 aliphatic heterocycles. The number of nitrogens with zero attached hydrogens (tertiary/aromatic N) is 5. The van der Waals surface area contributed by atoms with Gasteiger partial charge in [0.25, 0.3) is 0 Å². The second-order valence-corrected chi connectivity index (χ2v) is 7.18. The first kappa shape index (κ1) is 19.0. The molecule has 0 spiro atoms. The first-order valence-electron chi connectivity index (χ1n) is 9.90. The van der Waals surface area contributed by atoms with E-state index in [1.165, 1.54) is 4.57 Å². The average molecular weight is 413 g/mol. The molecule has 3 heterocycles. The molecule has 0 saturated heterocycles. The number of halogens is 1. The van der Waals surface area contributed by atoms with Crippen LogP contribution in [0.3, 0.4) is 0 Å². The number of pyridine rings is 1. The lowest BCUT2D eigenvalue weighted by Crippen LogP contribution is -2.05. The SMILES string of the molecule is Cn1cc(-c2ccncc2)c(-c2ccc(OCc3nc4ccccc4n3CF)cc2)n1. The third-order valence-corrected chi connectivity index (χ3v) is 5.17. The van der Waals surface area contributed by atoms with Crippen molar-refractivity contribution in [2.45, 2.75) is 13.4 Å². The largest absolute Gasteiger partial charge is 0.486 e. The van der Waals surface area contributed by atoms with Gasteiger partial charge in [-0.2, -0.15) is 5.10 Å². The number of para-hydroxylation sites is 2. The molecule has 0 bridgehead atoms. The molecule has 0 radical (unpaired) electrons. The molecule has 7 heteroatoms. The Morgan fingerprint density at radius 2 is 1.71 bits per heavy atom. The summed E-state index contributed by atoms with van der Waals surface area (Å²) in [6.07, 6.45) is 5.54. The Hall–Kier alpha value is -4.00. The van der Waals surface area contributed by atoms with Crippen molar-refractivity contribution in [3.05, 3.63) is 85.1 Å². The Balaban J connectivity index is 1.37. The van der Waals surface area contributed by atoms with Crippen molar-refractivity contribution in [2.75, 3.05) is 0 Å². The van der Waals surface area contributed by atoms with Crippen molar-refractivity contribution in [3.8, 4) is 28.1 Å². The van der Waals surface area contributed by atoms with Crippen LogP contribution in [0.5, 0.6) is 5.75 Å². The Labute approximate surface area is 178 Å². The van der Waals surface area contributed by atoms with Crippen molar-refractivity contribution < 1.29 is 9.13 Å². The molecular formula is C24H20FN5O. The number of rotatable bonds is 6. The molecule has 0 unspecified atom stereocenters. The highest BCUT2D eigenvalue weighted by Gasteiger charge is 2.13. The van der Waals surface area contributed by atoms with Crippen LogP contribution in [-0.4, -0.2) is 24.3 Å². The first-order chi connectivity index (χ1) is 15.2. The molecule has 31 heavy (non-hydrogen) atoms. The summed E-state index contributed by atoms with van der Waals surface area (Å²) < 4.78 is 22.8. The van der Waals surface area contributed by atoms with Crippen molar-refractivity contribution in [2.24, 2.45) is 7.05 Å². The second kappa shape index (κ2) is 8.02. The minimum absolute atomic E-state index is 0.184. The van der Waals surface area contributed by atoms with Gasteiger partial charge in [0.1, 0.15) is 23.9 Å². The fraction of sp³-hybridized carbons (Fsp3) is 0.125. The highest BCUT2D eigenvalue weighted by atomic mass is 19.1. The number of hydrogen-bond acceptors (Lipinski definition) is 4. The summed E-state index contributed by atoms with van der Waals surface area (Å²) in [5.74, 6) is 1.24. The molecule has 0 amide bonds. The quantitative estimate of drug-likeness (QED) is 0.393. The van der Waals surface area contributed by atoms with Crippen LogP contribution in [-0.2, 0) is 20.5 Å². The number of imidazole rings is 1. The fourth-order valence-electron chi connectivity index (χ4n) is 3.67. The third kappa shape index (κ3) is 3.66. The molecule has 0 saturated carbocycles. The lowest BCUT2D eigenvalue weighted by atomic mass is 10.0. The van der Waals surface area contributed by atoms with E-state index in [2.05, 4.69) is 15.1 Å². The molecule has 6 nitrogen and oxygen atoms in total. The number of fused-ring (bicyclic) bond motifs is 1. The molecule has 0 aliphatic rings. The van der Waals surface area contributed by atoms with Gasteiger partial charge in [-0.25, -0.2) is 9.37 Å². The van der Waals surface area contributed by atoms with Crippen LogP contribution in [0, 0.1) is 0 Å².